The van der Waals surface area contributed by atoms with Crippen LogP contribution in [-0.4, -0.2) is 56.2 Å². The summed E-state index contributed by atoms with van der Waals surface area (Å²) in [5, 5.41) is 0. The lowest BCUT2D eigenvalue weighted by molar-refractivity contribution is -0.916. The maximum atomic E-state index is 2.46. The average molecular weight is 261 g/mol. The van der Waals surface area contributed by atoms with Crippen LogP contribution in [-0.2, 0) is 6.42 Å². The normalized spacial score (nSPS) is 18.7. The van der Waals surface area contributed by atoms with Crippen molar-refractivity contribution in [2.75, 3.05) is 40.8 Å². The molecule has 1 aliphatic rings. The molecule has 0 aliphatic carbocycles. The smallest absolute Gasteiger partial charge is 0.0910 e. The number of hydrogen-bond donors (Lipinski definition) is 0. The molecule has 2 heteroatoms. The second-order valence-electron chi connectivity index (χ2n) is 6.63. The molecule has 1 fully saturated rings. The first-order chi connectivity index (χ1) is 9.08. The minimum absolute atomic E-state index is 0.854. The Balaban J connectivity index is 1.77. The fourth-order valence-electron chi connectivity index (χ4n) is 3.21. The predicted molar refractivity (Wildman–Crippen MR) is 82.3 cm³/mol. The summed E-state index contributed by atoms with van der Waals surface area (Å²) in [6, 6.07) is 11.7. The quantitative estimate of drug-likeness (QED) is 0.737. The van der Waals surface area contributed by atoms with Crippen molar-refractivity contribution in [2.45, 2.75) is 31.7 Å². The minimum atomic E-state index is 0.854. The lowest BCUT2D eigenvalue weighted by Crippen LogP contribution is -2.53. The van der Waals surface area contributed by atoms with Gasteiger partial charge in [0.1, 0.15) is 0 Å². The summed E-state index contributed by atoms with van der Waals surface area (Å²) in [5.41, 5.74) is 1.48. The Bertz CT molecular complexity index is 364. The van der Waals surface area contributed by atoms with Gasteiger partial charge in [-0.3, -0.25) is 0 Å². The Morgan fingerprint density at radius 3 is 2.37 bits per heavy atom. The van der Waals surface area contributed by atoms with Crippen molar-refractivity contribution in [1.82, 2.24) is 4.90 Å². The third kappa shape index (κ3) is 4.32. The molecule has 0 radical (unpaired) electrons. The zero-order valence-corrected chi connectivity index (χ0v) is 12.8. The highest BCUT2D eigenvalue weighted by Crippen LogP contribution is 2.20. The second-order valence-corrected chi connectivity index (χ2v) is 6.63. The van der Waals surface area contributed by atoms with E-state index in [9.17, 15) is 0 Å². The summed E-state index contributed by atoms with van der Waals surface area (Å²) >= 11 is 0. The summed E-state index contributed by atoms with van der Waals surface area (Å²) in [4.78, 5) is 2.46. The van der Waals surface area contributed by atoms with Crippen molar-refractivity contribution in [1.29, 1.82) is 0 Å². The zero-order valence-electron chi connectivity index (χ0n) is 12.8. The van der Waals surface area contributed by atoms with Gasteiger partial charge >= 0.3 is 0 Å². The lowest BCUT2D eigenvalue weighted by Gasteiger charge is -2.42. The van der Waals surface area contributed by atoms with Gasteiger partial charge in [0.05, 0.1) is 26.7 Å². The molecule has 1 aromatic rings. The molecule has 1 aliphatic heterocycles. The molecule has 0 spiro atoms. The van der Waals surface area contributed by atoms with Crippen molar-refractivity contribution >= 4 is 0 Å². The molecule has 19 heavy (non-hydrogen) atoms. The SMILES string of the molecule is CN1CCC([N+](C)(C)CCCc2ccccc2)CC1. The number of rotatable bonds is 5. The number of likely N-dealkylation sites (tertiary alicyclic amines) is 1. The highest BCUT2D eigenvalue weighted by Gasteiger charge is 2.30. The topological polar surface area (TPSA) is 3.24 Å². The fourth-order valence-corrected chi connectivity index (χ4v) is 3.21. The lowest BCUT2D eigenvalue weighted by atomic mass is 10.0. The van der Waals surface area contributed by atoms with Gasteiger partial charge in [0.2, 0.25) is 0 Å². The molecule has 0 bridgehead atoms. The molecule has 2 nitrogen and oxygen atoms in total. The van der Waals surface area contributed by atoms with Gasteiger partial charge in [0.15, 0.2) is 0 Å². The fraction of sp³-hybridized carbons (Fsp3) is 0.647. The van der Waals surface area contributed by atoms with E-state index in [-0.39, 0.29) is 0 Å². The first-order valence-electron chi connectivity index (χ1n) is 7.63. The molecule has 106 valence electrons. The molecular weight excluding hydrogens is 232 g/mol. The number of nitrogens with zero attached hydrogens (tertiary/aromatic N) is 2. The van der Waals surface area contributed by atoms with Crippen LogP contribution in [0.25, 0.3) is 0 Å². The first kappa shape index (κ1) is 14.5. The van der Waals surface area contributed by atoms with E-state index in [1.165, 1.54) is 55.4 Å². The van der Waals surface area contributed by atoms with Crippen LogP contribution in [0.1, 0.15) is 24.8 Å². The molecule has 1 saturated heterocycles. The average Bonchev–Trinajstić information content (AvgIpc) is 2.40. The number of quaternary nitrogens is 1. The Kier molecular flexibility index (Phi) is 5.00. The van der Waals surface area contributed by atoms with Gasteiger partial charge in [0.25, 0.3) is 0 Å². The van der Waals surface area contributed by atoms with Crippen LogP contribution in [0, 0.1) is 0 Å². The van der Waals surface area contributed by atoms with Gasteiger partial charge in [-0.2, -0.15) is 0 Å². The first-order valence-corrected chi connectivity index (χ1v) is 7.63. The van der Waals surface area contributed by atoms with Crippen LogP contribution in [0.2, 0.25) is 0 Å². The van der Waals surface area contributed by atoms with Crippen LogP contribution < -0.4 is 0 Å². The van der Waals surface area contributed by atoms with E-state index in [4.69, 9.17) is 0 Å². The largest absolute Gasteiger partial charge is 0.326 e. The maximum Gasteiger partial charge on any atom is 0.0910 e. The number of aryl methyl sites for hydroxylation is 1. The second kappa shape index (κ2) is 6.53. The molecule has 0 N–H and O–H groups in total. The highest BCUT2D eigenvalue weighted by molar-refractivity contribution is 5.14. The van der Waals surface area contributed by atoms with Gasteiger partial charge in [-0.15, -0.1) is 0 Å². The van der Waals surface area contributed by atoms with E-state index in [1.807, 2.05) is 0 Å². The van der Waals surface area contributed by atoms with Gasteiger partial charge in [-0.1, -0.05) is 30.3 Å². The third-order valence-corrected chi connectivity index (χ3v) is 4.72. The Labute approximate surface area is 118 Å². The van der Waals surface area contributed by atoms with Crippen LogP contribution in [0.4, 0.5) is 0 Å². The van der Waals surface area contributed by atoms with E-state index in [1.54, 1.807) is 0 Å². The van der Waals surface area contributed by atoms with Gasteiger partial charge in [-0.05, 0) is 19.0 Å². The predicted octanol–water partition coefficient (Wildman–Crippen LogP) is 2.79. The van der Waals surface area contributed by atoms with E-state index >= 15 is 0 Å². The minimum Gasteiger partial charge on any atom is -0.326 e. The molecular formula is C17H29N2+. The van der Waals surface area contributed by atoms with Crippen molar-refractivity contribution in [3.63, 3.8) is 0 Å². The van der Waals surface area contributed by atoms with Crippen LogP contribution in [0.15, 0.2) is 30.3 Å². The van der Waals surface area contributed by atoms with Crippen molar-refractivity contribution in [3.8, 4) is 0 Å². The molecule has 0 saturated carbocycles. The Morgan fingerprint density at radius 2 is 1.74 bits per heavy atom. The van der Waals surface area contributed by atoms with Crippen molar-refractivity contribution < 1.29 is 4.48 Å². The zero-order chi connectivity index (χ0) is 13.7. The van der Waals surface area contributed by atoms with E-state index in [0.717, 1.165) is 6.04 Å². The van der Waals surface area contributed by atoms with Crippen molar-refractivity contribution in [2.24, 2.45) is 0 Å². The molecule has 0 aromatic heterocycles. The molecule has 1 heterocycles. The molecule has 0 unspecified atom stereocenters. The molecule has 0 atom stereocenters. The van der Waals surface area contributed by atoms with Gasteiger partial charge in [0, 0.05) is 32.4 Å². The van der Waals surface area contributed by atoms with Crippen LogP contribution in [0.3, 0.4) is 0 Å². The summed E-state index contributed by atoms with van der Waals surface area (Å²) in [5.74, 6) is 0. The third-order valence-electron chi connectivity index (χ3n) is 4.72. The van der Waals surface area contributed by atoms with Gasteiger partial charge < -0.3 is 9.38 Å². The Hall–Kier alpha value is -0.860. The monoisotopic (exact) mass is 261 g/mol. The number of benzene rings is 1. The van der Waals surface area contributed by atoms with E-state index in [2.05, 4.69) is 56.4 Å². The van der Waals surface area contributed by atoms with Crippen LogP contribution in [0.5, 0.6) is 0 Å². The summed E-state index contributed by atoms with van der Waals surface area (Å²) < 4.78 is 1.20. The van der Waals surface area contributed by atoms with Crippen molar-refractivity contribution in [3.05, 3.63) is 35.9 Å². The summed E-state index contributed by atoms with van der Waals surface area (Å²) in [6.07, 6.45) is 5.22. The van der Waals surface area contributed by atoms with E-state index < -0.39 is 0 Å². The standard InChI is InChI=1S/C17H29N2/c1-18-13-11-17(12-14-18)19(2,3)15-7-10-16-8-5-4-6-9-16/h4-6,8-9,17H,7,10-15H2,1-3H3/q+1. The highest BCUT2D eigenvalue weighted by atomic mass is 15.3. The number of piperidine rings is 1. The molecule has 0 amide bonds. The Morgan fingerprint density at radius 1 is 1.11 bits per heavy atom. The maximum absolute atomic E-state index is 2.46. The van der Waals surface area contributed by atoms with Gasteiger partial charge in [-0.25, -0.2) is 0 Å². The summed E-state index contributed by atoms with van der Waals surface area (Å²) in [7, 11) is 7.08. The number of hydrogen-bond acceptors (Lipinski definition) is 1. The summed E-state index contributed by atoms with van der Waals surface area (Å²) in [6.45, 7) is 3.83. The van der Waals surface area contributed by atoms with Crippen LogP contribution >= 0.6 is 0 Å². The molecule has 1 aromatic carbocycles. The molecule has 2 rings (SSSR count). The van der Waals surface area contributed by atoms with E-state index in [0.29, 0.717) is 0 Å².